The summed E-state index contributed by atoms with van der Waals surface area (Å²) in [5.41, 5.74) is -0.692. The molecule has 0 spiro atoms. The first kappa shape index (κ1) is 13.4. The van der Waals surface area contributed by atoms with E-state index in [1.54, 1.807) is 14.0 Å². The molecule has 1 atom stereocenters. The van der Waals surface area contributed by atoms with Crippen molar-refractivity contribution in [1.82, 2.24) is 10.6 Å². The molecule has 0 heterocycles. The minimum absolute atomic E-state index is 0.0560. The van der Waals surface area contributed by atoms with Crippen molar-refractivity contribution in [3.05, 3.63) is 0 Å². The van der Waals surface area contributed by atoms with E-state index < -0.39 is 5.60 Å². The topological polar surface area (TPSA) is 61.4 Å². The predicted molar refractivity (Wildman–Crippen MR) is 57.1 cm³/mol. The highest BCUT2D eigenvalue weighted by molar-refractivity contribution is 5.80. The van der Waals surface area contributed by atoms with Crippen molar-refractivity contribution in [3.63, 3.8) is 0 Å². The third kappa shape index (κ3) is 4.07. The molecule has 0 aliphatic carbocycles. The zero-order valence-corrected chi connectivity index (χ0v) is 9.55. The summed E-state index contributed by atoms with van der Waals surface area (Å²) in [5.74, 6) is -0.0560. The van der Waals surface area contributed by atoms with Crippen LogP contribution in [0, 0.1) is 0 Å². The molecular formula is C10H22N2O2. The van der Waals surface area contributed by atoms with Crippen molar-refractivity contribution in [2.75, 3.05) is 13.6 Å². The summed E-state index contributed by atoms with van der Waals surface area (Å²) in [6.07, 6.45) is 1.38. The molecule has 0 aromatic heterocycles. The highest BCUT2D eigenvalue weighted by Gasteiger charge is 2.23. The van der Waals surface area contributed by atoms with E-state index in [1.165, 1.54) is 0 Å². The first-order valence-corrected chi connectivity index (χ1v) is 5.16. The maximum absolute atomic E-state index is 11.2. The van der Waals surface area contributed by atoms with E-state index in [0.717, 1.165) is 0 Å². The number of aliphatic hydroxyl groups is 1. The number of likely N-dealkylation sites (N-methyl/N-ethyl adjacent to an activating group) is 1. The second kappa shape index (κ2) is 5.98. The van der Waals surface area contributed by atoms with Gasteiger partial charge in [0.2, 0.25) is 5.91 Å². The molecule has 0 saturated heterocycles. The third-order valence-electron chi connectivity index (χ3n) is 2.69. The summed E-state index contributed by atoms with van der Waals surface area (Å²) in [6.45, 7) is 6.12. The van der Waals surface area contributed by atoms with Gasteiger partial charge in [-0.2, -0.15) is 0 Å². The molecule has 84 valence electrons. The van der Waals surface area contributed by atoms with Crippen molar-refractivity contribution in [1.29, 1.82) is 0 Å². The van der Waals surface area contributed by atoms with Gasteiger partial charge in [-0.3, -0.25) is 4.79 Å². The number of amides is 1. The van der Waals surface area contributed by atoms with Crippen molar-refractivity contribution in [2.24, 2.45) is 0 Å². The van der Waals surface area contributed by atoms with E-state index in [9.17, 15) is 9.90 Å². The van der Waals surface area contributed by atoms with Crippen LogP contribution in [0.1, 0.15) is 33.6 Å². The molecule has 0 rings (SSSR count). The third-order valence-corrected chi connectivity index (χ3v) is 2.69. The molecule has 0 bridgehead atoms. The molecule has 14 heavy (non-hydrogen) atoms. The smallest absolute Gasteiger partial charge is 0.236 e. The van der Waals surface area contributed by atoms with Gasteiger partial charge in [-0.05, 0) is 19.8 Å². The fraction of sp³-hybridized carbons (Fsp3) is 0.900. The van der Waals surface area contributed by atoms with E-state index in [0.29, 0.717) is 19.4 Å². The monoisotopic (exact) mass is 202 g/mol. The highest BCUT2D eigenvalue weighted by atomic mass is 16.3. The number of carbonyl (C=O) groups excluding carboxylic acids is 1. The van der Waals surface area contributed by atoms with Gasteiger partial charge in [-0.25, -0.2) is 0 Å². The van der Waals surface area contributed by atoms with Gasteiger partial charge in [0, 0.05) is 13.6 Å². The number of rotatable bonds is 6. The Morgan fingerprint density at radius 1 is 1.43 bits per heavy atom. The van der Waals surface area contributed by atoms with Crippen molar-refractivity contribution < 1.29 is 9.90 Å². The molecule has 1 unspecified atom stereocenters. The van der Waals surface area contributed by atoms with Gasteiger partial charge in [-0.1, -0.05) is 13.8 Å². The molecule has 0 aliphatic rings. The molecule has 4 nitrogen and oxygen atoms in total. The Bertz CT molecular complexity index is 179. The zero-order valence-electron chi connectivity index (χ0n) is 9.55. The van der Waals surface area contributed by atoms with Crippen LogP contribution in [0.3, 0.4) is 0 Å². The molecule has 0 aromatic rings. The Balaban J connectivity index is 3.97. The number of carbonyl (C=O) groups is 1. The van der Waals surface area contributed by atoms with Crippen LogP contribution in [0.4, 0.5) is 0 Å². The van der Waals surface area contributed by atoms with E-state index in [1.807, 2.05) is 13.8 Å². The minimum atomic E-state index is -0.692. The lowest BCUT2D eigenvalue weighted by molar-refractivity contribution is -0.122. The predicted octanol–water partition coefficient (Wildman–Crippen LogP) is 0.262. The number of hydrogen-bond donors (Lipinski definition) is 3. The van der Waals surface area contributed by atoms with Crippen molar-refractivity contribution in [3.8, 4) is 0 Å². The van der Waals surface area contributed by atoms with Crippen LogP contribution in [0.5, 0.6) is 0 Å². The van der Waals surface area contributed by atoms with E-state index >= 15 is 0 Å². The molecular weight excluding hydrogens is 180 g/mol. The van der Waals surface area contributed by atoms with Gasteiger partial charge in [0.25, 0.3) is 0 Å². The Hall–Kier alpha value is -0.610. The number of nitrogens with one attached hydrogen (secondary N) is 2. The first-order valence-electron chi connectivity index (χ1n) is 5.16. The summed E-state index contributed by atoms with van der Waals surface area (Å²) >= 11 is 0. The Labute approximate surface area is 86.1 Å². The van der Waals surface area contributed by atoms with Crippen LogP contribution in [0.15, 0.2) is 0 Å². The Morgan fingerprint density at radius 2 is 1.93 bits per heavy atom. The minimum Gasteiger partial charge on any atom is -0.389 e. The fourth-order valence-corrected chi connectivity index (χ4v) is 1.15. The van der Waals surface area contributed by atoms with Crippen molar-refractivity contribution in [2.45, 2.75) is 45.3 Å². The fourth-order valence-electron chi connectivity index (χ4n) is 1.15. The quantitative estimate of drug-likeness (QED) is 0.579. The van der Waals surface area contributed by atoms with Crippen LogP contribution in [-0.4, -0.2) is 36.2 Å². The maximum Gasteiger partial charge on any atom is 0.236 e. The summed E-state index contributed by atoms with van der Waals surface area (Å²) in [6, 6.07) is -0.260. The van der Waals surface area contributed by atoms with Crippen LogP contribution in [0.2, 0.25) is 0 Å². The lowest BCUT2D eigenvalue weighted by Gasteiger charge is -2.27. The average molecular weight is 202 g/mol. The molecule has 0 aliphatic heterocycles. The van der Waals surface area contributed by atoms with Crippen LogP contribution in [0.25, 0.3) is 0 Å². The van der Waals surface area contributed by atoms with E-state index in [2.05, 4.69) is 10.6 Å². The molecule has 0 fully saturated rings. The van der Waals surface area contributed by atoms with Gasteiger partial charge in [0.15, 0.2) is 0 Å². The summed E-state index contributed by atoms with van der Waals surface area (Å²) in [4.78, 5) is 11.2. The molecule has 0 radical (unpaired) electrons. The summed E-state index contributed by atoms with van der Waals surface area (Å²) < 4.78 is 0. The largest absolute Gasteiger partial charge is 0.389 e. The van der Waals surface area contributed by atoms with Crippen LogP contribution < -0.4 is 10.6 Å². The molecule has 3 N–H and O–H groups in total. The normalized spacial score (nSPS) is 13.8. The van der Waals surface area contributed by atoms with E-state index in [4.69, 9.17) is 0 Å². The lowest BCUT2D eigenvalue weighted by atomic mass is 9.97. The maximum atomic E-state index is 11.2. The van der Waals surface area contributed by atoms with Gasteiger partial charge < -0.3 is 15.7 Å². The van der Waals surface area contributed by atoms with Gasteiger partial charge >= 0.3 is 0 Å². The first-order chi connectivity index (χ1) is 6.49. The van der Waals surface area contributed by atoms with E-state index in [-0.39, 0.29) is 11.9 Å². The molecule has 4 heteroatoms. The Kier molecular flexibility index (Phi) is 5.72. The molecule has 0 saturated carbocycles. The zero-order chi connectivity index (χ0) is 11.2. The van der Waals surface area contributed by atoms with Gasteiger partial charge in [0.05, 0.1) is 11.6 Å². The van der Waals surface area contributed by atoms with Crippen molar-refractivity contribution >= 4 is 5.91 Å². The molecule has 1 amide bonds. The highest BCUT2D eigenvalue weighted by Crippen LogP contribution is 2.12. The van der Waals surface area contributed by atoms with Crippen LogP contribution >= 0.6 is 0 Å². The summed E-state index contributed by atoms with van der Waals surface area (Å²) in [5, 5.41) is 15.5. The SMILES string of the molecule is CCC(O)(CC)CNC(C)C(=O)NC. The lowest BCUT2D eigenvalue weighted by Crippen LogP contribution is -2.48. The standard InChI is InChI=1S/C10H22N2O2/c1-5-10(14,6-2)7-12-8(3)9(13)11-4/h8,12,14H,5-7H2,1-4H3,(H,11,13). The van der Waals surface area contributed by atoms with Gasteiger partial charge in [0.1, 0.15) is 0 Å². The van der Waals surface area contributed by atoms with Crippen LogP contribution in [-0.2, 0) is 4.79 Å². The van der Waals surface area contributed by atoms with Gasteiger partial charge in [-0.15, -0.1) is 0 Å². The second-order valence-electron chi connectivity index (χ2n) is 3.65. The average Bonchev–Trinajstić information content (AvgIpc) is 2.24. The number of hydrogen-bond acceptors (Lipinski definition) is 3. The molecule has 0 aromatic carbocycles. The second-order valence-corrected chi connectivity index (χ2v) is 3.65. The summed E-state index contributed by atoms with van der Waals surface area (Å²) in [7, 11) is 1.60. The Morgan fingerprint density at radius 3 is 2.29 bits per heavy atom.